The van der Waals surface area contributed by atoms with Crippen molar-refractivity contribution in [3.8, 4) is 11.6 Å². The van der Waals surface area contributed by atoms with Crippen molar-refractivity contribution >= 4 is 34.4 Å². The number of carbonyl (C=O) groups is 1. The molecular weight excluding hydrogens is 508 g/mol. The Morgan fingerprint density at radius 2 is 1.90 bits per heavy atom. The number of fused-ring (bicyclic) bond motifs is 6. The minimum Gasteiger partial charge on any atom is -0.474 e. The fraction of sp³-hybridized carbons (Fsp3) is 0.345. The number of amides is 1. The van der Waals surface area contributed by atoms with Crippen molar-refractivity contribution in [2.45, 2.75) is 45.4 Å². The molecule has 1 aromatic carbocycles. The molecule has 0 spiro atoms. The molecular formula is C29H30N8O3. The number of nitrogens with one attached hydrogen (secondary N) is 1. The summed E-state index contributed by atoms with van der Waals surface area (Å²) in [5, 5.41) is 3.71. The predicted octanol–water partition coefficient (Wildman–Crippen LogP) is 3.17. The van der Waals surface area contributed by atoms with Gasteiger partial charge in [-0.2, -0.15) is 4.98 Å². The maximum Gasteiger partial charge on any atom is 0.278 e. The molecule has 0 radical (unpaired) electrons. The maximum absolute atomic E-state index is 13.5. The van der Waals surface area contributed by atoms with Crippen LogP contribution in [0.4, 0.5) is 17.5 Å². The number of ether oxygens (including phenoxy) is 1. The molecule has 0 aliphatic carbocycles. The van der Waals surface area contributed by atoms with E-state index in [4.69, 9.17) is 14.7 Å². The molecule has 1 N–H and O–H groups in total. The minimum atomic E-state index is -0.997. The summed E-state index contributed by atoms with van der Waals surface area (Å²) in [5.74, 6) is 1.65. The van der Waals surface area contributed by atoms with E-state index in [2.05, 4.69) is 34.4 Å². The zero-order chi connectivity index (χ0) is 27.6. The van der Waals surface area contributed by atoms with E-state index in [-0.39, 0.29) is 11.5 Å². The largest absolute Gasteiger partial charge is 0.474 e. The third-order valence-electron chi connectivity index (χ3n) is 7.73. The van der Waals surface area contributed by atoms with Crippen LogP contribution in [0.2, 0.25) is 0 Å². The van der Waals surface area contributed by atoms with Crippen LogP contribution in [0.1, 0.15) is 31.4 Å². The number of benzene rings is 1. The Balaban J connectivity index is 1.34. The summed E-state index contributed by atoms with van der Waals surface area (Å²) < 4.78 is 9.31. The van der Waals surface area contributed by atoms with Crippen LogP contribution >= 0.6 is 0 Å². The standard InChI is InChI=1S/C29H30N8O3/c1-29(2)27(39)35-12-5-4-6-13-36-26(38)21-16-30-28(31-20-8-7-19-17-34(3)14-11-18(19)15-20)33-24(21)37(36)23-10-9-22(40-29)25(35)32-23/h4,6-10,15-16H,5,11-14,17H2,1-3H3,(H,30,31,33). The molecule has 11 nitrogen and oxygen atoms in total. The highest BCUT2D eigenvalue weighted by Crippen LogP contribution is 2.37. The van der Waals surface area contributed by atoms with Crippen LogP contribution in [0, 0.1) is 0 Å². The number of nitrogens with zero attached hydrogens (tertiary/aromatic N) is 7. The average Bonchev–Trinajstić information content (AvgIpc) is 3.19. The van der Waals surface area contributed by atoms with E-state index in [0.717, 1.165) is 25.2 Å². The van der Waals surface area contributed by atoms with Gasteiger partial charge in [-0.15, -0.1) is 0 Å². The molecule has 0 saturated carbocycles. The van der Waals surface area contributed by atoms with Gasteiger partial charge in [-0.05, 0) is 69.1 Å². The third kappa shape index (κ3) is 3.96. The molecule has 4 aromatic rings. The summed E-state index contributed by atoms with van der Waals surface area (Å²) in [4.78, 5) is 44.8. The number of likely N-dealkylation sites (N-methyl/N-ethyl adjacent to an activating group) is 1. The van der Waals surface area contributed by atoms with E-state index in [1.807, 2.05) is 18.2 Å². The highest BCUT2D eigenvalue weighted by atomic mass is 16.5. The van der Waals surface area contributed by atoms with Crippen molar-refractivity contribution in [3.63, 3.8) is 0 Å². The van der Waals surface area contributed by atoms with Crippen molar-refractivity contribution in [3.05, 3.63) is 70.2 Å². The first-order valence-electron chi connectivity index (χ1n) is 13.5. The Bertz CT molecular complexity index is 1770. The fourth-order valence-corrected chi connectivity index (χ4v) is 5.65. The lowest BCUT2D eigenvalue weighted by Gasteiger charge is -2.37. The second kappa shape index (κ2) is 9.02. The van der Waals surface area contributed by atoms with E-state index < -0.39 is 5.60 Å². The van der Waals surface area contributed by atoms with Crippen molar-refractivity contribution in [1.29, 1.82) is 0 Å². The Kier molecular flexibility index (Phi) is 5.53. The van der Waals surface area contributed by atoms with Crippen LogP contribution in [-0.2, 0) is 24.3 Å². The van der Waals surface area contributed by atoms with Crippen molar-refractivity contribution in [1.82, 2.24) is 29.2 Å². The van der Waals surface area contributed by atoms with Crippen LogP contribution in [0.3, 0.4) is 0 Å². The number of hydrogen-bond donors (Lipinski definition) is 1. The first-order chi connectivity index (χ1) is 19.3. The van der Waals surface area contributed by atoms with Gasteiger partial charge in [0.2, 0.25) is 5.95 Å². The zero-order valence-corrected chi connectivity index (χ0v) is 22.7. The lowest BCUT2D eigenvalue weighted by molar-refractivity contribution is -0.132. The maximum atomic E-state index is 13.5. The van der Waals surface area contributed by atoms with E-state index in [1.54, 1.807) is 46.4 Å². The van der Waals surface area contributed by atoms with Gasteiger partial charge in [-0.1, -0.05) is 18.2 Å². The molecule has 7 rings (SSSR count). The molecule has 1 amide bonds. The topological polar surface area (TPSA) is 110 Å². The van der Waals surface area contributed by atoms with Gasteiger partial charge in [-0.3, -0.25) is 14.5 Å². The van der Waals surface area contributed by atoms with Gasteiger partial charge in [0.05, 0.1) is 6.54 Å². The van der Waals surface area contributed by atoms with E-state index >= 15 is 0 Å². The highest BCUT2D eigenvalue weighted by Gasteiger charge is 2.41. The normalized spacial score (nSPS) is 18.1. The Hall–Kier alpha value is -4.51. The molecule has 40 heavy (non-hydrogen) atoms. The quantitative estimate of drug-likeness (QED) is 0.388. The number of aromatic nitrogens is 5. The molecule has 0 atom stereocenters. The van der Waals surface area contributed by atoms with Gasteiger partial charge >= 0.3 is 0 Å². The van der Waals surface area contributed by atoms with E-state index in [9.17, 15) is 9.59 Å². The smallest absolute Gasteiger partial charge is 0.278 e. The molecule has 6 heterocycles. The monoisotopic (exact) mass is 538 g/mol. The Morgan fingerprint density at radius 1 is 1.02 bits per heavy atom. The lowest BCUT2D eigenvalue weighted by atomic mass is 9.99. The van der Waals surface area contributed by atoms with Gasteiger partial charge in [0.1, 0.15) is 5.39 Å². The number of anilines is 3. The number of hydrogen-bond acceptors (Lipinski definition) is 8. The van der Waals surface area contributed by atoms with Crippen LogP contribution in [0.15, 0.2) is 53.5 Å². The molecule has 0 saturated heterocycles. The van der Waals surface area contributed by atoms with Crippen molar-refractivity contribution in [2.75, 3.05) is 30.4 Å². The first kappa shape index (κ1) is 24.5. The van der Waals surface area contributed by atoms with Gasteiger partial charge in [0.25, 0.3) is 11.5 Å². The SMILES string of the molecule is CN1CCc2cc(Nc3ncc4c(=O)n5n(c4n3)-c3ccc4c(n3)N(CCC=CC5)C(=O)C(C)(C)O4)ccc2C1. The second-order valence-corrected chi connectivity index (χ2v) is 11.0. The molecule has 11 heteroatoms. The summed E-state index contributed by atoms with van der Waals surface area (Å²) in [7, 11) is 2.13. The summed E-state index contributed by atoms with van der Waals surface area (Å²) in [6, 6.07) is 9.90. The third-order valence-corrected chi connectivity index (χ3v) is 7.73. The summed E-state index contributed by atoms with van der Waals surface area (Å²) in [6.45, 7) is 6.26. The summed E-state index contributed by atoms with van der Waals surface area (Å²) in [5.41, 5.74) is 2.75. The molecule has 3 aromatic heterocycles. The predicted molar refractivity (Wildman–Crippen MR) is 151 cm³/mol. The van der Waals surface area contributed by atoms with Crippen LogP contribution in [-0.4, -0.2) is 60.9 Å². The molecule has 3 aliphatic rings. The zero-order valence-electron chi connectivity index (χ0n) is 22.7. The minimum absolute atomic E-state index is 0.155. The van der Waals surface area contributed by atoms with E-state index in [0.29, 0.717) is 53.9 Å². The van der Waals surface area contributed by atoms with Crippen molar-refractivity contribution < 1.29 is 9.53 Å². The number of allylic oxidation sites excluding steroid dienone is 1. The molecule has 2 bridgehead atoms. The summed E-state index contributed by atoms with van der Waals surface area (Å²) in [6.07, 6.45) is 7.07. The fourth-order valence-electron chi connectivity index (χ4n) is 5.65. The second-order valence-electron chi connectivity index (χ2n) is 11.0. The molecule has 0 unspecified atom stereocenters. The lowest BCUT2D eigenvalue weighted by Crippen LogP contribution is -2.53. The van der Waals surface area contributed by atoms with E-state index in [1.165, 1.54) is 11.1 Å². The van der Waals surface area contributed by atoms with Gasteiger partial charge in [-0.25, -0.2) is 19.3 Å². The van der Waals surface area contributed by atoms with Crippen LogP contribution in [0.25, 0.3) is 16.9 Å². The van der Waals surface area contributed by atoms with Gasteiger partial charge in [0, 0.05) is 31.5 Å². The van der Waals surface area contributed by atoms with Gasteiger partial charge < -0.3 is 15.0 Å². The number of rotatable bonds is 2. The Morgan fingerprint density at radius 3 is 2.77 bits per heavy atom. The van der Waals surface area contributed by atoms with Crippen LogP contribution < -0.4 is 20.5 Å². The first-order valence-corrected chi connectivity index (χ1v) is 13.5. The number of pyridine rings is 1. The number of carbonyl (C=O) groups excluding carboxylic acids is 1. The van der Waals surface area contributed by atoms with Crippen molar-refractivity contribution in [2.24, 2.45) is 0 Å². The van der Waals surface area contributed by atoms with Crippen LogP contribution in [0.5, 0.6) is 5.75 Å². The molecule has 3 aliphatic heterocycles. The van der Waals surface area contributed by atoms with Gasteiger partial charge in [0.15, 0.2) is 28.6 Å². The molecule has 0 fully saturated rings. The average molecular weight is 539 g/mol. The highest BCUT2D eigenvalue weighted by molar-refractivity contribution is 6.01. The molecule has 204 valence electrons. The Labute approximate surface area is 230 Å². The summed E-state index contributed by atoms with van der Waals surface area (Å²) >= 11 is 0.